The van der Waals surface area contributed by atoms with E-state index in [1.807, 2.05) is 16.5 Å². The van der Waals surface area contributed by atoms with Crippen LogP contribution in [0.3, 0.4) is 0 Å². The lowest BCUT2D eigenvalue weighted by Crippen LogP contribution is -2.45. The molecule has 1 aromatic rings. The molecule has 0 aromatic carbocycles. The molecule has 0 spiro atoms. The van der Waals surface area contributed by atoms with Crippen LogP contribution >= 0.6 is 11.3 Å². The van der Waals surface area contributed by atoms with E-state index < -0.39 is 0 Å². The molecule has 1 aliphatic carbocycles. The average molecular weight is 294 g/mol. The van der Waals surface area contributed by atoms with Gasteiger partial charge < -0.3 is 9.64 Å². The molecule has 2 heterocycles. The molecule has 1 amide bonds. The molecule has 2 aliphatic rings. The average Bonchev–Trinajstić information content (AvgIpc) is 3.18. The third-order valence-corrected chi connectivity index (χ3v) is 5.06. The number of carbonyl (C=O) groups is 1. The summed E-state index contributed by atoms with van der Waals surface area (Å²) in [5.41, 5.74) is 0. The Kier molecular flexibility index (Phi) is 4.68. The predicted octanol–water partition coefficient (Wildman–Crippen LogP) is 2.98. The van der Waals surface area contributed by atoms with Crippen LogP contribution in [0.15, 0.2) is 11.6 Å². The predicted molar refractivity (Wildman–Crippen MR) is 78.5 cm³/mol. The van der Waals surface area contributed by atoms with E-state index in [1.54, 1.807) is 11.3 Å². The smallest absolute Gasteiger partial charge is 0.252 e. The Morgan fingerprint density at radius 2 is 2.15 bits per heavy atom. The van der Waals surface area contributed by atoms with Crippen LogP contribution in [0.4, 0.5) is 0 Å². The number of ether oxygens (including phenoxy) is 1. The maximum Gasteiger partial charge on any atom is 0.252 e. The van der Waals surface area contributed by atoms with Crippen molar-refractivity contribution in [2.75, 3.05) is 6.61 Å². The van der Waals surface area contributed by atoms with E-state index in [0.717, 1.165) is 37.3 Å². The first-order valence-corrected chi connectivity index (χ1v) is 8.53. The summed E-state index contributed by atoms with van der Waals surface area (Å²) in [5, 5.41) is 3.01. The Morgan fingerprint density at radius 1 is 1.30 bits per heavy atom. The molecule has 20 heavy (non-hydrogen) atoms. The van der Waals surface area contributed by atoms with Gasteiger partial charge in [0.15, 0.2) is 0 Å². The van der Waals surface area contributed by atoms with E-state index in [2.05, 4.69) is 4.98 Å². The van der Waals surface area contributed by atoms with Gasteiger partial charge in [0.1, 0.15) is 11.1 Å². The van der Waals surface area contributed by atoms with Gasteiger partial charge in [-0.25, -0.2) is 4.98 Å². The minimum absolute atomic E-state index is 0.185. The summed E-state index contributed by atoms with van der Waals surface area (Å²) in [7, 11) is 0. The van der Waals surface area contributed by atoms with Crippen LogP contribution in [0.5, 0.6) is 0 Å². The van der Waals surface area contributed by atoms with Gasteiger partial charge in [-0.1, -0.05) is 19.3 Å². The van der Waals surface area contributed by atoms with Crippen molar-refractivity contribution in [1.82, 2.24) is 9.88 Å². The fourth-order valence-corrected chi connectivity index (χ4v) is 3.83. The third kappa shape index (κ3) is 3.20. The minimum Gasteiger partial charge on any atom is -0.368 e. The van der Waals surface area contributed by atoms with Crippen LogP contribution in [0.2, 0.25) is 0 Å². The highest BCUT2D eigenvalue weighted by Gasteiger charge is 2.33. The molecular weight excluding hydrogens is 272 g/mol. The van der Waals surface area contributed by atoms with Crippen LogP contribution in [-0.4, -0.2) is 34.5 Å². The Bertz CT molecular complexity index is 423. The van der Waals surface area contributed by atoms with Gasteiger partial charge in [-0.2, -0.15) is 0 Å². The van der Waals surface area contributed by atoms with Crippen LogP contribution in [0, 0.1) is 0 Å². The van der Waals surface area contributed by atoms with Gasteiger partial charge in [0, 0.05) is 24.2 Å². The van der Waals surface area contributed by atoms with Gasteiger partial charge in [-0.05, 0) is 25.7 Å². The largest absolute Gasteiger partial charge is 0.368 e. The molecule has 1 aromatic heterocycles. The maximum atomic E-state index is 12.7. The fourth-order valence-electron chi connectivity index (χ4n) is 3.21. The minimum atomic E-state index is -0.211. The van der Waals surface area contributed by atoms with Gasteiger partial charge in [-0.15, -0.1) is 11.3 Å². The van der Waals surface area contributed by atoms with Crippen LogP contribution < -0.4 is 0 Å². The molecule has 4 nitrogen and oxygen atoms in total. The number of carbonyl (C=O) groups excluding carboxylic acids is 1. The quantitative estimate of drug-likeness (QED) is 0.857. The van der Waals surface area contributed by atoms with Crippen molar-refractivity contribution in [1.29, 1.82) is 0 Å². The highest BCUT2D eigenvalue weighted by Crippen LogP contribution is 2.27. The normalized spacial score (nSPS) is 23.9. The monoisotopic (exact) mass is 294 g/mol. The molecule has 1 unspecified atom stereocenters. The molecule has 5 heteroatoms. The van der Waals surface area contributed by atoms with Crippen LogP contribution in [-0.2, 0) is 16.1 Å². The Hall–Kier alpha value is -0.940. The van der Waals surface area contributed by atoms with Crippen molar-refractivity contribution in [3.63, 3.8) is 0 Å². The number of thiazole rings is 1. The zero-order chi connectivity index (χ0) is 13.8. The number of nitrogens with zero attached hydrogens (tertiary/aromatic N) is 2. The first-order chi connectivity index (χ1) is 9.84. The summed E-state index contributed by atoms with van der Waals surface area (Å²) in [6.07, 6.45) is 9.51. The molecule has 3 rings (SSSR count). The highest BCUT2D eigenvalue weighted by molar-refractivity contribution is 7.09. The van der Waals surface area contributed by atoms with E-state index in [1.165, 1.54) is 19.3 Å². The molecule has 1 aliphatic heterocycles. The number of rotatable bonds is 4. The number of aromatic nitrogens is 1. The highest BCUT2D eigenvalue weighted by atomic mass is 32.1. The Labute approximate surface area is 124 Å². The van der Waals surface area contributed by atoms with Gasteiger partial charge in [0.2, 0.25) is 0 Å². The zero-order valence-corrected chi connectivity index (χ0v) is 12.6. The summed E-state index contributed by atoms with van der Waals surface area (Å²) < 4.78 is 5.60. The first kappa shape index (κ1) is 14.0. The van der Waals surface area contributed by atoms with Gasteiger partial charge in [-0.3, -0.25) is 4.79 Å². The third-order valence-electron chi connectivity index (χ3n) is 4.29. The van der Waals surface area contributed by atoms with E-state index >= 15 is 0 Å². The standard InChI is InChI=1S/C15H22N2O2S/c18-15(13-7-4-9-19-13)17(11-14-16-8-10-20-14)12-5-2-1-3-6-12/h8,10,12-13H,1-7,9,11H2. The lowest BCUT2D eigenvalue weighted by Gasteiger charge is -2.35. The van der Waals surface area contributed by atoms with Crippen molar-refractivity contribution >= 4 is 17.2 Å². The van der Waals surface area contributed by atoms with Crippen LogP contribution in [0.1, 0.15) is 50.0 Å². The van der Waals surface area contributed by atoms with Crippen molar-refractivity contribution in [2.45, 2.75) is 63.6 Å². The number of hydrogen-bond donors (Lipinski definition) is 0. The molecule has 0 bridgehead atoms. The molecular formula is C15H22N2O2S. The summed E-state index contributed by atoms with van der Waals surface area (Å²) in [6, 6.07) is 0.379. The molecule has 1 atom stereocenters. The summed E-state index contributed by atoms with van der Waals surface area (Å²) >= 11 is 1.63. The second-order valence-corrected chi connectivity index (χ2v) is 6.66. The molecule has 0 N–H and O–H groups in total. The Balaban J connectivity index is 1.72. The molecule has 110 valence electrons. The maximum absolute atomic E-state index is 12.7. The van der Waals surface area contributed by atoms with E-state index in [0.29, 0.717) is 12.6 Å². The van der Waals surface area contributed by atoms with Gasteiger partial charge in [0.25, 0.3) is 5.91 Å². The summed E-state index contributed by atoms with van der Waals surface area (Å²) in [6.45, 7) is 1.38. The lowest BCUT2D eigenvalue weighted by atomic mass is 9.93. The number of amides is 1. The van der Waals surface area contributed by atoms with Crippen LogP contribution in [0.25, 0.3) is 0 Å². The molecule has 1 saturated carbocycles. The SMILES string of the molecule is O=C(C1CCCO1)N(Cc1nccs1)C1CCCCC1. The molecule has 1 saturated heterocycles. The summed E-state index contributed by atoms with van der Waals surface area (Å²) in [5.74, 6) is 0.185. The van der Waals surface area contributed by atoms with Crippen molar-refractivity contribution in [3.8, 4) is 0 Å². The molecule has 0 radical (unpaired) electrons. The summed E-state index contributed by atoms with van der Waals surface area (Å²) in [4.78, 5) is 19.1. The van der Waals surface area contributed by atoms with Crippen molar-refractivity contribution in [2.24, 2.45) is 0 Å². The fraction of sp³-hybridized carbons (Fsp3) is 0.733. The van der Waals surface area contributed by atoms with E-state index in [-0.39, 0.29) is 12.0 Å². The van der Waals surface area contributed by atoms with Crippen molar-refractivity contribution < 1.29 is 9.53 Å². The van der Waals surface area contributed by atoms with Gasteiger partial charge >= 0.3 is 0 Å². The second-order valence-electron chi connectivity index (χ2n) is 5.69. The van der Waals surface area contributed by atoms with Gasteiger partial charge in [0.05, 0.1) is 6.54 Å². The number of hydrogen-bond acceptors (Lipinski definition) is 4. The topological polar surface area (TPSA) is 42.4 Å². The molecule has 2 fully saturated rings. The van der Waals surface area contributed by atoms with Crippen molar-refractivity contribution in [3.05, 3.63) is 16.6 Å². The second kappa shape index (κ2) is 6.68. The zero-order valence-electron chi connectivity index (χ0n) is 11.8. The van der Waals surface area contributed by atoms with E-state index in [4.69, 9.17) is 4.74 Å². The van der Waals surface area contributed by atoms with E-state index in [9.17, 15) is 4.79 Å². The first-order valence-electron chi connectivity index (χ1n) is 7.65. The lowest BCUT2D eigenvalue weighted by molar-refractivity contribution is -0.144. The Morgan fingerprint density at radius 3 is 2.80 bits per heavy atom.